The van der Waals surface area contributed by atoms with Gasteiger partial charge in [0.1, 0.15) is 0 Å². The van der Waals surface area contributed by atoms with E-state index in [-0.39, 0.29) is 5.91 Å². The topological polar surface area (TPSA) is 55.4 Å². The van der Waals surface area contributed by atoms with Gasteiger partial charge in [-0.2, -0.15) is 0 Å². The van der Waals surface area contributed by atoms with Gasteiger partial charge in [-0.05, 0) is 17.7 Å². The number of ether oxygens (including phenoxy) is 1. The van der Waals surface area contributed by atoms with Crippen LogP contribution in [0.25, 0.3) is 6.08 Å². The highest BCUT2D eigenvalue weighted by atomic mass is 16.5. The summed E-state index contributed by atoms with van der Waals surface area (Å²) < 4.78 is 4.53. The molecule has 0 aliphatic heterocycles. The van der Waals surface area contributed by atoms with Crippen LogP contribution < -0.4 is 5.32 Å². The van der Waals surface area contributed by atoms with Crippen LogP contribution in [0, 0.1) is 5.41 Å². The molecule has 4 heteroatoms. The average Bonchev–Trinajstić information content (AvgIpc) is 2.36. The number of rotatable bonds is 3. The van der Waals surface area contributed by atoms with Crippen LogP contribution in [0.5, 0.6) is 0 Å². The van der Waals surface area contributed by atoms with Gasteiger partial charge in [-0.15, -0.1) is 0 Å². The van der Waals surface area contributed by atoms with Gasteiger partial charge in [0, 0.05) is 17.2 Å². The van der Waals surface area contributed by atoms with E-state index < -0.39 is 11.4 Å². The highest BCUT2D eigenvalue weighted by molar-refractivity contribution is 5.97. The summed E-state index contributed by atoms with van der Waals surface area (Å²) in [6.07, 6.45) is 2.94. The summed E-state index contributed by atoms with van der Waals surface area (Å²) in [7, 11) is 1.32. The van der Waals surface area contributed by atoms with Crippen molar-refractivity contribution >= 4 is 23.6 Å². The van der Waals surface area contributed by atoms with Gasteiger partial charge in [0.05, 0.1) is 7.11 Å². The molecule has 0 radical (unpaired) electrons. The zero-order valence-corrected chi connectivity index (χ0v) is 11.7. The third-order valence-corrected chi connectivity index (χ3v) is 2.49. The minimum absolute atomic E-state index is 0.0774. The van der Waals surface area contributed by atoms with Crippen LogP contribution in [-0.2, 0) is 14.3 Å². The van der Waals surface area contributed by atoms with E-state index in [0.29, 0.717) is 5.69 Å². The van der Waals surface area contributed by atoms with Crippen LogP contribution in [0.4, 0.5) is 5.69 Å². The fourth-order valence-corrected chi connectivity index (χ4v) is 1.29. The van der Waals surface area contributed by atoms with Crippen molar-refractivity contribution in [3.05, 3.63) is 35.9 Å². The van der Waals surface area contributed by atoms with Crippen LogP contribution >= 0.6 is 0 Å². The highest BCUT2D eigenvalue weighted by Gasteiger charge is 2.21. The Morgan fingerprint density at radius 2 is 1.84 bits per heavy atom. The fourth-order valence-electron chi connectivity index (χ4n) is 1.29. The molecule has 0 saturated carbocycles. The van der Waals surface area contributed by atoms with Gasteiger partial charge >= 0.3 is 5.97 Å². The summed E-state index contributed by atoms with van der Waals surface area (Å²) in [5.41, 5.74) is 0.951. The molecular formula is C15H19NO3. The number of amides is 1. The molecule has 0 unspecified atom stereocenters. The number of hydrogen-bond donors (Lipinski definition) is 1. The van der Waals surface area contributed by atoms with Crippen LogP contribution in [0.2, 0.25) is 0 Å². The normalized spacial score (nSPS) is 11.4. The molecule has 19 heavy (non-hydrogen) atoms. The lowest BCUT2D eigenvalue weighted by Gasteiger charge is -2.18. The smallest absolute Gasteiger partial charge is 0.330 e. The van der Waals surface area contributed by atoms with Crippen molar-refractivity contribution in [2.45, 2.75) is 20.8 Å². The van der Waals surface area contributed by atoms with Crippen molar-refractivity contribution in [1.29, 1.82) is 0 Å². The number of nitrogens with one attached hydrogen (secondary N) is 1. The molecule has 0 aliphatic carbocycles. The number of benzene rings is 1. The fraction of sp³-hybridized carbons (Fsp3) is 0.333. The van der Waals surface area contributed by atoms with Crippen molar-refractivity contribution in [1.82, 2.24) is 0 Å². The molecule has 1 aromatic carbocycles. The quantitative estimate of drug-likeness (QED) is 0.672. The van der Waals surface area contributed by atoms with Gasteiger partial charge in [0.15, 0.2) is 0 Å². The highest BCUT2D eigenvalue weighted by Crippen LogP contribution is 2.21. The standard InChI is InChI=1S/C15H19NO3/c1-15(2,3)14(18)16-12-8-6-5-7-11(12)9-10-13(17)19-4/h5-10H,1-4H3,(H,16,18)/b10-9+. The van der Waals surface area contributed by atoms with Crippen molar-refractivity contribution in [2.24, 2.45) is 5.41 Å². The Bertz CT molecular complexity index is 498. The van der Waals surface area contributed by atoms with Gasteiger partial charge < -0.3 is 10.1 Å². The third-order valence-electron chi connectivity index (χ3n) is 2.49. The van der Waals surface area contributed by atoms with Gasteiger partial charge in [0.2, 0.25) is 5.91 Å². The average molecular weight is 261 g/mol. The second-order valence-electron chi connectivity index (χ2n) is 5.15. The largest absolute Gasteiger partial charge is 0.466 e. The first-order valence-corrected chi connectivity index (χ1v) is 6.01. The summed E-state index contributed by atoms with van der Waals surface area (Å²) in [6.45, 7) is 5.53. The molecule has 0 fully saturated rings. The van der Waals surface area contributed by atoms with E-state index in [1.807, 2.05) is 39.0 Å². The van der Waals surface area contributed by atoms with Crippen LogP contribution in [0.1, 0.15) is 26.3 Å². The second kappa shape index (κ2) is 6.18. The zero-order valence-electron chi connectivity index (χ0n) is 11.7. The lowest BCUT2D eigenvalue weighted by molar-refractivity contribution is -0.134. The van der Waals surface area contributed by atoms with Crippen molar-refractivity contribution in [2.75, 3.05) is 12.4 Å². The Morgan fingerprint density at radius 3 is 2.42 bits per heavy atom. The molecule has 1 amide bonds. The molecule has 0 atom stereocenters. The lowest BCUT2D eigenvalue weighted by Crippen LogP contribution is -2.27. The molecule has 4 nitrogen and oxygen atoms in total. The van der Waals surface area contributed by atoms with Crippen molar-refractivity contribution in [3.8, 4) is 0 Å². The Hall–Kier alpha value is -2.10. The number of para-hydroxylation sites is 1. The van der Waals surface area contributed by atoms with E-state index in [2.05, 4.69) is 10.1 Å². The maximum Gasteiger partial charge on any atom is 0.330 e. The molecule has 0 heterocycles. The number of carbonyl (C=O) groups excluding carboxylic acids is 2. The zero-order chi connectivity index (χ0) is 14.5. The maximum atomic E-state index is 12.0. The second-order valence-corrected chi connectivity index (χ2v) is 5.15. The molecule has 0 aliphatic rings. The molecule has 0 spiro atoms. The predicted octanol–water partition coefficient (Wildman–Crippen LogP) is 2.86. The summed E-state index contributed by atoms with van der Waals surface area (Å²) in [5, 5.41) is 2.85. The predicted molar refractivity (Wildman–Crippen MR) is 75.6 cm³/mol. The number of methoxy groups -OCH3 is 1. The number of hydrogen-bond acceptors (Lipinski definition) is 3. The molecule has 1 rings (SSSR count). The molecule has 0 saturated heterocycles. The summed E-state index contributed by atoms with van der Waals surface area (Å²) in [6, 6.07) is 7.27. The minimum atomic E-state index is -0.473. The SMILES string of the molecule is COC(=O)/C=C/c1ccccc1NC(=O)C(C)(C)C. The molecule has 0 aromatic heterocycles. The molecule has 1 aromatic rings. The summed E-state index contributed by atoms with van der Waals surface area (Å²) >= 11 is 0. The van der Waals surface area contributed by atoms with Crippen molar-refractivity contribution < 1.29 is 14.3 Å². The van der Waals surface area contributed by atoms with Crippen molar-refractivity contribution in [3.63, 3.8) is 0 Å². The van der Waals surface area contributed by atoms with Gasteiger partial charge in [-0.1, -0.05) is 39.0 Å². The monoisotopic (exact) mass is 261 g/mol. The third kappa shape index (κ3) is 4.58. The number of carbonyl (C=O) groups is 2. The lowest BCUT2D eigenvalue weighted by atomic mass is 9.95. The maximum absolute atomic E-state index is 12.0. The molecular weight excluding hydrogens is 242 g/mol. The van der Waals surface area contributed by atoms with E-state index >= 15 is 0 Å². The van der Waals surface area contributed by atoms with E-state index in [4.69, 9.17) is 0 Å². The van der Waals surface area contributed by atoms with Gasteiger partial charge in [0.25, 0.3) is 0 Å². The molecule has 1 N–H and O–H groups in total. The Labute approximate surface area is 113 Å². The number of anilines is 1. The first-order chi connectivity index (χ1) is 8.84. The number of esters is 1. The molecule has 0 bridgehead atoms. The molecule has 102 valence electrons. The van der Waals surface area contributed by atoms with E-state index in [1.165, 1.54) is 13.2 Å². The van der Waals surface area contributed by atoms with Crippen LogP contribution in [0.3, 0.4) is 0 Å². The Kier molecular flexibility index (Phi) is 4.87. The minimum Gasteiger partial charge on any atom is -0.466 e. The van der Waals surface area contributed by atoms with Gasteiger partial charge in [-0.25, -0.2) is 4.79 Å². The van der Waals surface area contributed by atoms with E-state index in [1.54, 1.807) is 12.1 Å². The first-order valence-electron chi connectivity index (χ1n) is 6.01. The summed E-state index contributed by atoms with van der Waals surface area (Å²) in [4.78, 5) is 23.0. The Balaban J connectivity index is 2.94. The first kappa shape index (κ1) is 15.0. The summed E-state index contributed by atoms with van der Waals surface area (Å²) in [5.74, 6) is -0.511. The van der Waals surface area contributed by atoms with E-state index in [9.17, 15) is 9.59 Å². The van der Waals surface area contributed by atoms with Gasteiger partial charge in [-0.3, -0.25) is 4.79 Å². The Morgan fingerprint density at radius 1 is 1.21 bits per heavy atom. The van der Waals surface area contributed by atoms with Crippen LogP contribution in [0.15, 0.2) is 30.3 Å². The van der Waals surface area contributed by atoms with Crippen LogP contribution in [-0.4, -0.2) is 19.0 Å². The van der Waals surface area contributed by atoms with E-state index in [0.717, 1.165) is 5.56 Å².